The number of hydrogen-bond donors (Lipinski definition) is 3. The molecule has 1 heterocycles. The van der Waals surface area contributed by atoms with Gasteiger partial charge in [0.25, 0.3) is 0 Å². The second kappa shape index (κ2) is 5.21. The van der Waals surface area contributed by atoms with Gasteiger partial charge in [0.15, 0.2) is 0 Å². The minimum absolute atomic E-state index is 0.160. The number of nitrogens with one attached hydrogen (secondary N) is 1. The van der Waals surface area contributed by atoms with Crippen LogP contribution in [-0.4, -0.2) is 27.5 Å². The van der Waals surface area contributed by atoms with Crippen molar-refractivity contribution in [1.82, 2.24) is 9.78 Å². The summed E-state index contributed by atoms with van der Waals surface area (Å²) in [6, 6.07) is 0.161. The molecule has 0 saturated heterocycles. The molecule has 0 bridgehead atoms. The van der Waals surface area contributed by atoms with E-state index in [1.807, 2.05) is 32.4 Å². The third-order valence-electron chi connectivity index (χ3n) is 2.98. The summed E-state index contributed by atoms with van der Waals surface area (Å²) in [5.74, 6) is 1.03. The van der Waals surface area contributed by atoms with E-state index in [9.17, 15) is 0 Å². The number of rotatable bonds is 5. The number of nitrogen functional groups attached to an aromatic ring is 1. The number of anilines is 2. The molecule has 5 nitrogen and oxygen atoms in total. The smallest absolute Gasteiger partial charge is 0.148 e. The van der Waals surface area contributed by atoms with Gasteiger partial charge in [0, 0.05) is 19.2 Å². The Morgan fingerprint density at radius 3 is 2.62 bits per heavy atom. The molecule has 0 amide bonds. The highest BCUT2D eigenvalue weighted by molar-refractivity contribution is 5.65. The predicted octanol–water partition coefficient (Wildman–Crippen LogP) is 1.22. The zero-order valence-electron chi connectivity index (χ0n) is 10.5. The van der Waals surface area contributed by atoms with E-state index >= 15 is 0 Å². The summed E-state index contributed by atoms with van der Waals surface area (Å²) < 4.78 is 1.85. The van der Waals surface area contributed by atoms with Crippen molar-refractivity contribution < 1.29 is 5.11 Å². The summed E-state index contributed by atoms with van der Waals surface area (Å²) in [5.41, 5.74) is 7.49. The molecule has 0 radical (unpaired) electrons. The van der Waals surface area contributed by atoms with Crippen LogP contribution in [0.5, 0.6) is 0 Å². The monoisotopic (exact) mass is 226 g/mol. The number of aliphatic hydroxyl groups is 1. The van der Waals surface area contributed by atoms with E-state index in [4.69, 9.17) is 10.8 Å². The van der Waals surface area contributed by atoms with Crippen molar-refractivity contribution in [3.63, 3.8) is 0 Å². The largest absolute Gasteiger partial charge is 0.396 e. The van der Waals surface area contributed by atoms with Crippen LogP contribution in [0.25, 0.3) is 0 Å². The Hall–Kier alpha value is -1.23. The fourth-order valence-corrected chi connectivity index (χ4v) is 1.49. The van der Waals surface area contributed by atoms with Gasteiger partial charge in [-0.2, -0.15) is 5.10 Å². The molecular formula is C11H22N4O. The maximum absolute atomic E-state index is 9.09. The van der Waals surface area contributed by atoms with Crippen LogP contribution in [0.15, 0.2) is 0 Å². The number of nitrogens with two attached hydrogens (primary N) is 1. The fraction of sp³-hybridized carbons (Fsp3) is 0.727. The molecule has 2 atom stereocenters. The highest BCUT2D eigenvalue weighted by Gasteiger charge is 2.16. The van der Waals surface area contributed by atoms with Gasteiger partial charge in [0.2, 0.25) is 0 Å². The van der Waals surface area contributed by atoms with Crippen LogP contribution in [-0.2, 0) is 6.54 Å². The Kier molecular flexibility index (Phi) is 4.18. The van der Waals surface area contributed by atoms with Crippen LogP contribution in [0.4, 0.5) is 11.5 Å². The molecule has 0 saturated carbocycles. The van der Waals surface area contributed by atoms with Gasteiger partial charge in [-0.3, -0.25) is 0 Å². The van der Waals surface area contributed by atoms with Crippen molar-refractivity contribution in [1.29, 1.82) is 0 Å². The third kappa shape index (κ3) is 2.47. The summed E-state index contributed by atoms with van der Waals surface area (Å²) in [6.07, 6.45) is 0. The molecule has 1 aromatic rings. The van der Waals surface area contributed by atoms with Crippen molar-refractivity contribution in [3.8, 4) is 0 Å². The SMILES string of the molecule is CCn1nc(C)c(N)c1NC(C)C(C)CO. The van der Waals surface area contributed by atoms with Crippen molar-refractivity contribution in [2.45, 2.75) is 40.3 Å². The van der Waals surface area contributed by atoms with E-state index in [0.29, 0.717) is 5.69 Å². The number of nitrogens with zero attached hydrogens (tertiary/aromatic N) is 2. The number of aliphatic hydroxyl groups excluding tert-OH is 1. The first-order valence-electron chi connectivity index (χ1n) is 5.71. The van der Waals surface area contributed by atoms with Gasteiger partial charge in [0.1, 0.15) is 5.82 Å². The zero-order valence-corrected chi connectivity index (χ0v) is 10.5. The second-order valence-electron chi connectivity index (χ2n) is 4.26. The Bertz CT molecular complexity index is 348. The Morgan fingerprint density at radius 1 is 1.50 bits per heavy atom. The number of hydrogen-bond acceptors (Lipinski definition) is 4. The Labute approximate surface area is 96.6 Å². The molecular weight excluding hydrogens is 204 g/mol. The highest BCUT2D eigenvalue weighted by Crippen LogP contribution is 2.23. The van der Waals surface area contributed by atoms with E-state index in [1.54, 1.807) is 0 Å². The first kappa shape index (κ1) is 12.8. The molecule has 0 fully saturated rings. The van der Waals surface area contributed by atoms with E-state index in [1.165, 1.54) is 0 Å². The van der Waals surface area contributed by atoms with Gasteiger partial charge < -0.3 is 16.2 Å². The van der Waals surface area contributed by atoms with Gasteiger partial charge in [-0.25, -0.2) is 4.68 Å². The maximum Gasteiger partial charge on any atom is 0.148 e. The maximum atomic E-state index is 9.09. The summed E-state index contributed by atoms with van der Waals surface area (Å²) in [5, 5.41) is 16.7. The lowest BCUT2D eigenvalue weighted by atomic mass is 10.1. The van der Waals surface area contributed by atoms with Crippen LogP contribution in [0.3, 0.4) is 0 Å². The molecule has 92 valence electrons. The highest BCUT2D eigenvalue weighted by atomic mass is 16.3. The predicted molar refractivity (Wildman–Crippen MR) is 66.4 cm³/mol. The molecule has 0 spiro atoms. The molecule has 0 aliphatic carbocycles. The van der Waals surface area contributed by atoms with Crippen LogP contribution in [0.2, 0.25) is 0 Å². The fourth-order valence-electron chi connectivity index (χ4n) is 1.49. The first-order valence-corrected chi connectivity index (χ1v) is 5.71. The van der Waals surface area contributed by atoms with E-state index in [2.05, 4.69) is 10.4 Å². The summed E-state index contributed by atoms with van der Waals surface area (Å²) in [7, 11) is 0. The first-order chi connectivity index (χ1) is 7.51. The van der Waals surface area contributed by atoms with Crippen molar-refractivity contribution in [2.75, 3.05) is 17.7 Å². The normalized spacial score (nSPS) is 14.8. The minimum atomic E-state index is 0.160. The van der Waals surface area contributed by atoms with Crippen LogP contribution < -0.4 is 11.1 Å². The number of aromatic nitrogens is 2. The molecule has 2 unspecified atom stereocenters. The lowest BCUT2D eigenvalue weighted by Crippen LogP contribution is -2.27. The van der Waals surface area contributed by atoms with Crippen LogP contribution in [0.1, 0.15) is 26.5 Å². The van der Waals surface area contributed by atoms with Gasteiger partial charge in [0.05, 0.1) is 11.4 Å². The van der Waals surface area contributed by atoms with Crippen LogP contribution in [0, 0.1) is 12.8 Å². The van der Waals surface area contributed by atoms with Crippen LogP contribution >= 0.6 is 0 Å². The lowest BCUT2D eigenvalue weighted by molar-refractivity contribution is 0.226. The standard InChI is InChI=1S/C11H22N4O/c1-5-15-11(10(12)9(4)14-15)13-8(3)7(2)6-16/h7-8,13,16H,5-6,12H2,1-4H3. The molecule has 0 aromatic carbocycles. The third-order valence-corrected chi connectivity index (χ3v) is 2.98. The molecule has 0 aliphatic rings. The van der Waals surface area contributed by atoms with Gasteiger partial charge in [-0.1, -0.05) is 6.92 Å². The van der Waals surface area contributed by atoms with E-state index in [-0.39, 0.29) is 18.6 Å². The average molecular weight is 226 g/mol. The zero-order chi connectivity index (χ0) is 12.3. The van der Waals surface area contributed by atoms with Crippen molar-refractivity contribution >= 4 is 11.5 Å². The van der Waals surface area contributed by atoms with Gasteiger partial charge in [-0.05, 0) is 26.7 Å². The quantitative estimate of drug-likeness (QED) is 0.705. The lowest BCUT2D eigenvalue weighted by Gasteiger charge is -2.21. The molecule has 1 aromatic heterocycles. The molecule has 5 heteroatoms. The summed E-state index contributed by atoms with van der Waals surface area (Å²) in [6.45, 7) is 8.88. The van der Waals surface area contributed by atoms with Crippen molar-refractivity contribution in [2.24, 2.45) is 5.92 Å². The molecule has 4 N–H and O–H groups in total. The van der Waals surface area contributed by atoms with Gasteiger partial charge >= 0.3 is 0 Å². The molecule has 1 rings (SSSR count). The molecule has 0 aliphatic heterocycles. The number of aryl methyl sites for hydroxylation is 2. The topological polar surface area (TPSA) is 76.1 Å². The Morgan fingerprint density at radius 2 is 2.12 bits per heavy atom. The van der Waals surface area contributed by atoms with Gasteiger partial charge in [-0.15, -0.1) is 0 Å². The molecule has 16 heavy (non-hydrogen) atoms. The average Bonchev–Trinajstić information content (AvgIpc) is 2.55. The Balaban J connectivity index is 2.87. The second-order valence-corrected chi connectivity index (χ2v) is 4.26. The van der Waals surface area contributed by atoms with E-state index < -0.39 is 0 Å². The summed E-state index contributed by atoms with van der Waals surface area (Å²) in [4.78, 5) is 0. The van der Waals surface area contributed by atoms with Crippen molar-refractivity contribution in [3.05, 3.63) is 5.69 Å². The van der Waals surface area contributed by atoms with E-state index in [0.717, 1.165) is 18.1 Å². The summed E-state index contributed by atoms with van der Waals surface area (Å²) >= 11 is 0. The minimum Gasteiger partial charge on any atom is -0.396 e.